The minimum absolute atomic E-state index is 0.908. The van der Waals surface area contributed by atoms with Gasteiger partial charge in [0.25, 0.3) is 0 Å². The van der Waals surface area contributed by atoms with Crippen LogP contribution in [0, 0.1) is 0 Å². The van der Waals surface area contributed by atoms with Crippen LogP contribution < -0.4 is 0 Å². The Morgan fingerprint density at radius 3 is 3.07 bits per heavy atom. The van der Waals surface area contributed by atoms with Crippen molar-refractivity contribution >= 4 is 0 Å². The van der Waals surface area contributed by atoms with Gasteiger partial charge in [0.15, 0.2) is 0 Å². The molecule has 0 saturated carbocycles. The largest absolute Gasteiger partial charge is 0.302 e. The fraction of sp³-hybridized carbons (Fsp3) is 0.167. The van der Waals surface area contributed by atoms with E-state index in [0.29, 0.717) is 0 Å². The molecular weight excluding hydrogens is 186 g/mol. The monoisotopic (exact) mass is 199 g/mol. The molecule has 0 saturated heterocycles. The van der Waals surface area contributed by atoms with Crippen molar-refractivity contribution in [2.45, 2.75) is 12.8 Å². The predicted octanol–water partition coefficient (Wildman–Crippen LogP) is 2.39. The fourth-order valence-corrected chi connectivity index (χ4v) is 1.48. The van der Waals surface area contributed by atoms with Crippen molar-refractivity contribution in [2.75, 3.05) is 0 Å². The molecule has 0 aliphatic rings. The molecule has 15 heavy (non-hydrogen) atoms. The molecule has 0 aliphatic carbocycles. The van der Waals surface area contributed by atoms with Crippen molar-refractivity contribution in [1.82, 2.24) is 14.5 Å². The number of rotatable bonds is 4. The Hall–Kier alpha value is -1.90. The van der Waals surface area contributed by atoms with Gasteiger partial charge in [-0.25, -0.2) is 4.98 Å². The van der Waals surface area contributed by atoms with E-state index in [4.69, 9.17) is 0 Å². The number of hydrogen-bond acceptors (Lipinski definition) is 2. The van der Waals surface area contributed by atoms with Gasteiger partial charge < -0.3 is 4.57 Å². The molecule has 2 rings (SSSR count). The van der Waals surface area contributed by atoms with Crippen LogP contribution >= 0.6 is 0 Å². The first-order valence-electron chi connectivity index (χ1n) is 4.95. The Labute approximate surface area is 89.1 Å². The van der Waals surface area contributed by atoms with Crippen molar-refractivity contribution in [3.63, 3.8) is 0 Å². The van der Waals surface area contributed by atoms with E-state index >= 15 is 0 Å². The van der Waals surface area contributed by atoms with Gasteiger partial charge in [0.1, 0.15) is 5.82 Å². The number of aromatic nitrogens is 3. The molecule has 0 bridgehead atoms. The van der Waals surface area contributed by atoms with Gasteiger partial charge in [0, 0.05) is 25.0 Å². The number of hydrogen-bond donors (Lipinski definition) is 0. The summed E-state index contributed by atoms with van der Waals surface area (Å²) in [4.78, 5) is 8.41. The lowest BCUT2D eigenvalue weighted by molar-refractivity contribution is 0.842. The smallest absolute Gasteiger partial charge is 0.113 e. The number of nitrogens with zero attached hydrogens (tertiary/aromatic N) is 3. The summed E-state index contributed by atoms with van der Waals surface area (Å²) >= 11 is 0. The van der Waals surface area contributed by atoms with Gasteiger partial charge >= 0.3 is 0 Å². The second-order valence-corrected chi connectivity index (χ2v) is 3.25. The highest BCUT2D eigenvalue weighted by Crippen LogP contribution is 2.10. The minimum Gasteiger partial charge on any atom is -0.302 e. The first-order chi connectivity index (χ1) is 7.42. The summed E-state index contributed by atoms with van der Waals surface area (Å²) in [6, 6.07) is 3.94. The zero-order valence-electron chi connectivity index (χ0n) is 8.50. The Morgan fingerprint density at radius 1 is 1.40 bits per heavy atom. The van der Waals surface area contributed by atoms with E-state index in [1.54, 1.807) is 6.20 Å². The third-order valence-corrected chi connectivity index (χ3v) is 2.21. The van der Waals surface area contributed by atoms with Crippen molar-refractivity contribution in [3.8, 4) is 5.69 Å². The van der Waals surface area contributed by atoms with Crippen molar-refractivity contribution in [2.24, 2.45) is 0 Å². The molecule has 3 nitrogen and oxygen atoms in total. The average Bonchev–Trinajstić information content (AvgIpc) is 2.75. The highest BCUT2D eigenvalue weighted by atomic mass is 15.1. The lowest BCUT2D eigenvalue weighted by Crippen LogP contribution is -2.00. The van der Waals surface area contributed by atoms with Gasteiger partial charge in [-0.2, -0.15) is 0 Å². The normalized spacial score (nSPS) is 10.1. The summed E-state index contributed by atoms with van der Waals surface area (Å²) in [7, 11) is 0. The molecule has 0 atom stereocenters. The third-order valence-electron chi connectivity index (χ3n) is 2.21. The molecule has 0 radical (unpaired) electrons. The Kier molecular flexibility index (Phi) is 2.93. The predicted molar refractivity (Wildman–Crippen MR) is 59.9 cm³/mol. The number of allylic oxidation sites excluding steroid dienone is 1. The third kappa shape index (κ3) is 2.13. The lowest BCUT2D eigenvalue weighted by Gasteiger charge is -2.05. The van der Waals surface area contributed by atoms with Gasteiger partial charge in [0.05, 0.1) is 11.9 Å². The maximum atomic E-state index is 4.32. The molecule has 2 heterocycles. The lowest BCUT2D eigenvalue weighted by atomic mass is 10.3. The van der Waals surface area contributed by atoms with Crippen LogP contribution in [0.2, 0.25) is 0 Å². The maximum absolute atomic E-state index is 4.32. The molecule has 0 unspecified atom stereocenters. The van der Waals surface area contributed by atoms with Crippen LogP contribution in [0.3, 0.4) is 0 Å². The van der Waals surface area contributed by atoms with E-state index in [1.807, 2.05) is 36.8 Å². The zero-order chi connectivity index (χ0) is 10.5. The maximum Gasteiger partial charge on any atom is 0.113 e. The van der Waals surface area contributed by atoms with Crippen LogP contribution in [0.25, 0.3) is 5.69 Å². The molecular formula is C12H13N3. The van der Waals surface area contributed by atoms with Gasteiger partial charge in [0.2, 0.25) is 0 Å². The SMILES string of the molecule is C=CCCc1nccn1-c1cccnc1. The van der Waals surface area contributed by atoms with E-state index in [-0.39, 0.29) is 0 Å². The second-order valence-electron chi connectivity index (χ2n) is 3.25. The first kappa shape index (κ1) is 9.65. The Morgan fingerprint density at radius 2 is 2.33 bits per heavy atom. The molecule has 76 valence electrons. The van der Waals surface area contributed by atoms with E-state index in [1.165, 1.54) is 0 Å². The molecule has 0 spiro atoms. The minimum atomic E-state index is 0.908. The standard InChI is InChI=1S/C12H13N3/c1-2-3-6-12-14-8-9-15(12)11-5-4-7-13-10-11/h2,4-5,7-10H,1,3,6H2. The number of pyridine rings is 1. The summed E-state index contributed by atoms with van der Waals surface area (Å²) in [6.07, 6.45) is 11.1. The summed E-state index contributed by atoms with van der Waals surface area (Å²) in [5.41, 5.74) is 1.05. The molecule has 2 aromatic heterocycles. The van der Waals surface area contributed by atoms with Crippen LogP contribution in [0.5, 0.6) is 0 Å². The van der Waals surface area contributed by atoms with E-state index < -0.39 is 0 Å². The average molecular weight is 199 g/mol. The molecule has 2 aromatic rings. The van der Waals surface area contributed by atoms with E-state index in [9.17, 15) is 0 Å². The van der Waals surface area contributed by atoms with Gasteiger partial charge in [-0.15, -0.1) is 6.58 Å². The highest BCUT2D eigenvalue weighted by Gasteiger charge is 2.03. The van der Waals surface area contributed by atoms with Gasteiger partial charge in [-0.1, -0.05) is 6.08 Å². The Balaban J connectivity index is 2.29. The molecule has 0 aliphatic heterocycles. The van der Waals surface area contributed by atoms with Crippen molar-refractivity contribution < 1.29 is 0 Å². The molecule has 3 heteroatoms. The summed E-state index contributed by atoms with van der Waals surface area (Å²) < 4.78 is 2.05. The van der Waals surface area contributed by atoms with Gasteiger partial charge in [-0.3, -0.25) is 4.98 Å². The van der Waals surface area contributed by atoms with E-state index in [0.717, 1.165) is 24.4 Å². The van der Waals surface area contributed by atoms with Crippen molar-refractivity contribution in [3.05, 3.63) is 55.4 Å². The number of aryl methyl sites for hydroxylation is 1. The summed E-state index contributed by atoms with van der Waals surface area (Å²) in [5.74, 6) is 1.04. The number of imidazole rings is 1. The van der Waals surface area contributed by atoms with E-state index in [2.05, 4.69) is 21.1 Å². The second kappa shape index (κ2) is 4.55. The van der Waals surface area contributed by atoms with Gasteiger partial charge in [-0.05, 0) is 18.6 Å². The quantitative estimate of drug-likeness (QED) is 0.708. The Bertz CT molecular complexity index is 431. The molecule has 0 aromatic carbocycles. The van der Waals surface area contributed by atoms with Crippen molar-refractivity contribution in [1.29, 1.82) is 0 Å². The summed E-state index contributed by atoms with van der Waals surface area (Å²) in [6.45, 7) is 3.71. The zero-order valence-corrected chi connectivity index (χ0v) is 8.50. The molecule has 0 N–H and O–H groups in total. The summed E-state index contributed by atoms with van der Waals surface area (Å²) in [5, 5.41) is 0. The van der Waals surface area contributed by atoms with Crippen LogP contribution in [0.15, 0.2) is 49.6 Å². The topological polar surface area (TPSA) is 30.7 Å². The highest BCUT2D eigenvalue weighted by molar-refractivity contribution is 5.29. The first-order valence-corrected chi connectivity index (χ1v) is 4.95. The molecule has 0 fully saturated rings. The van der Waals surface area contributed by atoms with Crippen LogP contribution in [0.1, 0.15) is 12.2 Å². The molecule has 0 amide bonds. The van der Waals surface area contributed by atoms with Crippen LogP contribution in [0.4, 0.5) is 0 Å². The fourth-order valence-electron chi connectivity index (χ4n) is 1.48. The van der Waals surface area contributed by atoms with Crippen LogP contribution in [-0.2, 0) is 6.42 Å². The van der Waals surface area contributed by atoms with Crippen LogP contribution in [-0.4, -0.2) is 14.5 Å².